The highest BCUT2D eigenvalue weighted by Crippen LogP contribution is 2.44. The van der Waals surface area contributed by atoms with Crippen LogP contribution in [0, 0.1) is 5.92 Å². The lowest BCUT2D eigenvalue weighted by molar-refractivity contribution is 0.129. The summed E-state index contributed by atoms with van der Waals surface area (Å²) in [5, 5.41) is 14.8. The summed E-state index contributed by atoms with van der Waals surface area (Å²) in [6, 6.07) is 10.2. The molecule has 1 heterocycles. The Morgan fingerprint density at radius 2 is 1.88 bits per heavy atom. The molecule has 1 aromatic heterocycles. The van der Waals surface area contributed by atoms with Gasteiger partial charge < -0.3 is 14.5 Å². The van der Waals surface area contributed by atoms with Crippen molar-refractivity contribution in [1.82, 2.24) is 15.0 Å². The van der Waals surface area contributed by atoms with Gasteiger partial charge in [-0.1, -0.05) is 54.8 Å². The van der Waals surface area contributed by atoms with E-state index in [9.17, 15) is 5.11 Å². The largest absolute Gasteiger partial charge is 0.395 e. The van der Waals surface area contributed by atoms with E-state index in [2.05, 4.69) is 22.3 Å². The second kappa shape index (κ2) is 7.45. The first-order valence-electron chi connectivity index (χ1n) is 8.81. The Labute approximate surface area is 143 Å². The van der Waals surface area contributed by atoms with Crippen LogP contribution in [0.5, 0.6) is 0 Å². The fraction of sp³-hybridized carbons (Fsp3) is 0.579. The van der Waals surface area contributed by atoms with Gasteiger partial charge in [0.2, 0.25) is 5.89 Å². The molecule has 1 unspecified atom stereocenters. The summed E-state index contributed by atoms with van der Waals surface area (Å²) in [6.45, 7) is 0.608. The van der Waals surface area contributed by atoms with Crippen LogP contribution < -0.4 is 0 Å². The molecule has 130 valence electrons. The number of nitrogens with zero attached hydrogens (tertiary/aromatic N) is 3. The molecule has 0 radical (unpaired) electrons. The summed E-state index contributed by atoms with van der Waals surface area (Å²) in [5.41, 5.74) is 0.507. The normalized spacial score (nSPS) is 18.7. The van der Waals surface area contributed by atoms with Crippen LogP contribution in [0.1, 0.15) is 49.4 Å². The van der Waals surface area contributed by atoms with Gasteiger partial charge >= 0.3 is 0 Å². The van der Waals surface area contributed by atoms with E-state index in [1.165, 1.54) is 19.3 Å². The van der Waals surface area contributed by atoms with Gasteiger partial charge in [0, 0.05) is 0 Å². The molecule has 1 fully saturated rings. The molecule has 0 aliphatic heterocycles. The Bertz CT molecular complexity index is 635. The quantitative estimate of drug-likeness (QED) is 0.883. The first-order chi connectivity index (χ1) is 11.7. The van der Waals surface area contributed by atoms with Crippen molar-refractivity contribution in [2.45, 2.75) is 44.1 Å². The Hall–Kier alpha value is -1.72. The lowest BCUT2D eigenvalue weighted by Gasteiger charge is -2.39. The standard InChI is InChI=1S/C19H27N3O2/c1-22(2)13-17-20-18(21-24-17)19(14-23,15-9-5-3-6-10-15)16-11-7-4-8-12-16/h3,5-6,9-10,16,23H,4,7-8,11-14H2,1-2H3. The van der Waals surface area contributed by atoms with Crippen LogP contribution in [0.3, 0.4) is 0 Å². The number of aromatic nitrogens is 2. The van der Waals surface area contributed by atoms with Gasteiger partial charge in [0.15, 0.2) is 5.82 Å². The Kier molecular flexibility index (Phi) is 5.31. The Morgan fingerprint density at radius 3 is 2.50 bits per heavy atom. The van der Waals surface area contributed by atoms with Gasteiger partial charge in [0.05, 0.1) is 18.6 Å². The van der Waals surface area contributed by atoms with Crippen LogP contribution in [0.15, 0.2) is 34.9 Å². The molecular weight excluding hydrogens is 302 g/mol. The fourth-order valence-electron chi connectivity index (χ4n) is 3.94. The smallest absolute Gasteiger partial charge is 0.240 e. The van der Waals surface area contributed by atoms with Crippen LogP contribution in [0.25, 0.3) is 0 Å². The first kappa shape index (κ1) is 17.1. The monoisotopic (exact) mass is 329 g/mol. The summed E-state index contributed by atoms with van der Waals surface area (Å²) in [6.07, 6.45) is 5.84. The van der Waals surface area contributed by atoms with Gasteiger partial charge in [-0.2, -0.15) is 4.98 Å². The van der Waals surface area contributed by atoms with Crippen molar-refractivity contribution in [3.63, 3.8) is 0 Å². The van der Waals surface area contributed by atoms with Gasteiger partial charge in [-0.15, -0.1) is 0 Å². The third-order valence-corrected chi connectivity index (χ3v) is 5.16. The minimum Gasteiger partial charge on any atom is -0.395 e. The number of hydrogen-bond donors (Lipinski definition) is 1. The highest BCUT2D eigenvalue weighted by atomic mass is 16.5. The van der Waals surface area contributed by atoms with Gasteiger partial charge in [-0.3, -0.25) is 0 Å². The second-order valence-electron chi connectivity index (χ2n) is 7.08. The van der Waals surface area contributed by atoms with E-state index in [0.29, 0.717) is 24.2 Å². The van der Waals surface area contributed by atoms with Crippen molar-refractivity contribution in [3.05, 3.63) is 47.6 Å². The molecule has 0 saturated heterocycles. The molecule has 1 aliphatic carbocycles. The summed E-state index contributed by atoms with van der Waals surface area (Å²) < 4.78 is 5.48. The minimum absolute atomic E-state index is 0.00260. The predicted octanol–water partition coefficient (Wildman–Crippen LogP) is 2.99. The van der Waals surface area contributed by atoms with Crippen LogP contribution in [-0.4, -0.2) is 40.8 Å². The minimum atomic E-state index is -0.574. The molecule has 1 aliphatic rings. The van der Waals surface area contributed by atoms with E-state index in [4.69, 9.17) is 4.52 Å². The van der Waals surface area contributed by atoms with Crippen molar-refractivity contribution in [1.29, 1.82) is 0 Å². The van der Waals surface area contributed by atoms with Crippen molar-refractivity contribution in [2.75, 3.05) is 20.7 Å². The number of aliphatic hydroxyl groups excluding tert-OH is 1. The van der Waals surface area contributed by atoms with Crippen LogP contribution in [0.4, 0.5) is 0 Å². The molecule has 0 spiro atoms. The van der Waals surface area contributed by atoms with Crippen LogP contribution >= 0.6 is 0 Å². The molecule has 0 bridgehead atoms. The summed E-state index contributed by atoms with van der Waals surface area (Å²) in [5.74, 6) is 1.56. The van der Waals surface area contributed by atoms with Crippen LogP contribution in [-0.2, 0) is 12.0 Å². The third-order valence-electron chi connectivity index (χ3n) is 5.16. The molecule has 3 rings (SSSR count). The van der Waals surface area contributed by atoms with E-state index in [1.54, 1.807) is 0 Å². The molecule has 1 saturated carbocycles. The zero-order valence-corrected chi connectivity index (χ0v) is 14.6. The zero-order valence-electron chi connectivity index (χ0n) is 14.6. The van der Waals surface area contributed by atoms with Gasteiger partial charge in [-0.25, -0.2) is 0 Å². The maximum Gasteiger partial charge on any atom is 0.240 e. The van der Waals surface area contributed by atoms with E-state index < -0.39 is 5.41 Å². The molecule has 1 aromatic carbocycles. The Morgan fingerprint density at radius 1 is 1.17 bits per heavy atom. The average Bonchev–Trinajstić information content (AvgIpc) is 3.06. The zero-order chi connectivity index (χ0) is 17.0. The summed E-state index contributed by atoms with van der Waals surface area (Å²) in [7, 11) is 3.95. The number of hydrogen-bond acceptors (Lipinski definition) is 5. The molecule has 1 N–H and O–H groups in total. The lowest BCUT2D eigenvalue weighted by Crippen LogP contribution is -2.42. The molecule has 5 nitrogen and oxygen atoms in total. The summed E-state index contributed by atoms with van der Waals surface area (Å²) in [4.78, 5) is 6.67. The SMILES string of the molecule is CN(C)Cc1nc(C(CO)(c2ccccc2)C2CCCCC2)no1. The molecule has 24 heavy (non-hydrogen) atoms. The molecule has 2 aromatic rings. The first-order valence-corrected chi connectivity index (χ1v) is 8.81. The number of aliphatic hydroxyl groups is 1. The topological polar surface area (TPSA) is 62.4 Å². The molecule has 1 atom stereocenters. The summed E-state index contributed by atoms with van der Waals surface area (Å²) >= 11 is 0. The molecular formula is C19H27N3O2. The maximum absolute atomic E-state index is 10.5. The van der Waals surface area contributed by atoms with Crippen molar-refractivity contribution in [2.24, 2.45) is 5.92 Å². The van der Waals surface area contributed by atoms with Crippen molar-refractivity contribution in [3.8, 4) is 0 Å². The van der Waals surface area contributed by atoms with E-state index in [-0.39, 0.29) is 6.61 Å². The molecule has 5 heteroatoms. The average molecular weight is 329 g/mol. The number of rotatable bonds is 6. The molecule has 0 amide bonds. The second-order valence-corrected chi connectivity index (χ2v) is 7.08. The third kappa shape index (κ3) is 3.23. The van der Waals surface area contributed by atoms with Gasteiger partial charge in [-0.05, 0) is 38.4 Å². The highest BCUT2D eigenvalue weighted by Gasteiger charge is 2.45. The Balaban J connectivity index is 2.05. The van der Waals surface area contributed by atoms with E-state index in [1.807, 2.05) is 37.2 Å². The van der Waals surface area contributed by atoms with Gasteiger partial charge in [0.1, 0.15) is 0 Å². The lowest BCUT2D eigenvalue weighted by atomic mass is 9.65. The number of benzene rings is 1. The predicted molar refractivity (Wildman–Crippen MR) is 92.6 cm³/mol. The van der Waals surface area contributed by atoms with E-state index in [0.717, 1.165) is 18.4 Å². The van der Waals surface area contributed by atoms with Gasteiger partial charge in [0.25, 0.3) is 0 Å². The van der Waals surface area contributed by atoms with E-state index >= 15 is 0 Å². The van der Waals surface area contributed by atoms with Crippen LogP contribution in [0.2, 0.25) is 0 Å². The highest BCUT2D eigenvalue weighted by molar-refractivity contribution is 5.34. The van der Waals surface area contributed by atoms with Crippen molar-refractivity contribution >= 4 is 0 Å². The van der Waals surface area contributed by atoms with Crippen molar-refractivity contribution < 1.29 is 9.63 Å². The maximum atomic E-state index is 10.5. The fourth-order valence-corrected chi connectivity index (χ4v) is 3.94.